The minimum Gasteiger partial charge on any atom is -0.337 e. The SMILES string of the molecule is Cc1ccc(Nc2nncc(Nc3cccc4cccnc34)n2)cc1C. The van der Waals surface area contributed by atoms with E-state index in [0.717, 1.165) is 22.3 Å². The summed E-state index contributed by atoms with van der Waals surface area (Å²) in [6, 6.07) is 16.0. The highest BCUT2D eigenvalue weighted by Gasteiger charge is 2.06. The van der Waals surface area contributed by atoms with Gasteiger partial charge in [0.2, 0.25) is 5.95 Å². The number of hydrogen-bond donors (Lipinski definition) is 2. The highest BCUT2D eigenvalue weighted by atomic mass is 15.3. The number of nitrogens with one attached hydrogen (secondary N) is 2. The number of pyridine rings is 1. The van der Waals surface area contributed by atoms with Crippen LogP contribution in [0.25, 0.3) is 10.9 Å². The molecule has 0 aliphatic rings. The summed E-state index contributed by atoms with van der Waals surface area (Å²) in [7, 11) is 0. The topological polar surface area (TPSA) is 75.6 Å². The maximum atomic E-state index is 4.50. The summed E-state index contributed by atoms with van der Waals surface area (Å²) in [6.07, 6.45) is 3.37. The predicted octanol–water partition coefficient (Wildman–Crippen LogP) is 4.52. The Kier molecular flexibility index (Phi) is 4.15. The summed E-state index contributed by atoms with van der Waals surface area (Å²) >= 11 is 0. The number of aryl methyl sites for hydroxylation is 2. The highest BCUT2D eigenvalue weighted by Crippen LogP contribution is 2.24. The lowest BCUT2D eigenvalue weighted by Gasteiger charge is -2.10. The number of fused-ring (bicyclic) bond motifs is 1. The molecule has 2 heterocycles. The van der Waals surface area contributed by atoms with Gasteiger partial charge in [-0.15, -0.1) is 5.10 Å². The summed E-state index contributed by atoms with van der Waals surface area (Å²) < 4.78 is 0. The van der Waals surface area contributed by atoms with Crippen LogP contribution in [0.4, 0.5) is 23.1 Å². The van der Waals surface area contributed by atoms with Crippen molar-refractivity contribution in [3.05, 3.63) is 72.1 Å². The second kappa shape index (κ2) is 6.76. The second-order valence-electron chi connectivity index (χ2n) is 6.09. The first kappa shape index (κ1) is 16.0. The Bertz CT molecular complexity index is 1070. The minimum absolute atomic E-state index is 0.437. The number of hydrogen-bond acceptors (Lipinski definition) is 6. The molecule has 26 heavy (non-hydrogen) atoms. The molecule has 6 nitrogen and oxygen atoms in total. The summed E-state index contributed by atoms with van der Waals surface area (Å²) in [5, 5.41) is 15.6. The average Bonchev–Trinajstić information content (AvgIpc) is 2.65. The molecule has 4 rings (SSSR count). The van der Waals surface area contributed by atoms with Crippen molar-refractivity contribution in [2.24, 2.45) is 0 Å². The number of nitrogens with zero attached hydrogens (tertiary/aromatic N) is 4. The third-order valence-corrected chi connectivity index (χ3v) is 4.22. The molecule has 0 atom stereocenters. The molecule has 0 aliphatic carbocycles. The molecular formula is C20H18N6. The Morgan fingerprint density at radius 1 is 0.885 bits per heavy atom. The number of anilines is 4. The molecule has 0 aliphatic heterocycles. The molecule has 2 aromatic heterocycles. The summed E-state index contributed by atoms with van der Waals surface area (Å²) in [5.41, 5.74) is 5.14. The number of aromatic nitrogens is 4. The standard InChI is InChI=1S/C20H18N6/c1-13-8-9-16(11-14(13)2)23-20-25-18(12-22-26-20)24-17-7-3-5-15-6-4-10-21-19(15)17/h3-12H,1-2H3,(H2,23,24,25,26). The van der Waals surface area contributed by atoms with E-state index >= 15 is 0 Å². The van der Waals surface area contributed by atoms with Gasteiger partial charge in [0.1, 0.15) is 0 Å². The van der Waals surface area contributed by atoms with Gasteiger partial charge in [-0.3, -0.25) is 4.98 Å². The van der Waals surface area contributed by atoms with Crippen LogP contribution in [0.15, 0.2) is 60.9 Å². The molecular weight excluding hydrogens is 324 g/mol. The quantitative estimate of drug-likeness (QED) is 0.568. The molecule has 4 aromatic rings. The smallest absolute Gasteiger partial charge is 0.249 e. The first-order valence-electron chi connectivity index (χ1n) is 8.34. The summed E-state index contributed by atoms with van der Waals surface area (Å²) in [6.45, 7) is 4.16. The first-order chi connectivity index (χ1) is 12.7. The van der Waals surface area contributed by atoms with E-state index in [1.807, 2.05) is 36.4 Å². The Labute approximate surface area is 151 Å². The molecule has 0 fully saturated rings. The zero-order valence-corrected chi connectivity index (χ0v) is 14.6. The molecule has 0 radical (unpaired) electrons. The zero-order chi connectivity index (χ0) is 17.9. The van der Waals surface area contributed by atoms with Crippen molar-refractivity contribution in [1.82, 2.24) is 20.2 Å². The molecule has 0 unspecified atom stereocenters. The second-order valence-corrected chi connectivity index (χ2v) is 6.09. The fraction of sp³-hybridized carbons (Fsp3) is 0.100. The third-order valence-electron chi connectivity index (χ3n) is 4.22. The van der Waals surface area contributed by atoms with E-state index < -0.39 is 0 Å². The van der Waals surface area contributed by atoms with E-state index in [4.69, 9.17) is 0 Å². The zero-order valence-electron chi connectivity index (χ0n) is 14.6. The van der Waals surface area contributed by atoms with Crippen molar-refractivity contribution in [2.75, 3.05) is 10.6 Å². The van der Waals surface area contributed by atoms with Crippen LogP contribution < -0.4 is 10.6 Å². The van der Waals surface area contributed by atoms with Crippen molar-refractivity contribution in [2.45, 2.75) is 13.8 Å². The number of para-hydroxylation sites is 1. The van der Waals surface area contributed by atoms with Crippen LogP contribution in [0.2, 0.25) is 0 Å². The Morgan fingerprint density at radius 2 is 1.77 bits per heavy atom. The lowest BCUT2D eigenvalue weighted by molar-refractivity contribution is 0.982. The van der Waals surface area contributed by atoms with E-state index in [1.165, 1.54) is 11.1 Å². The Hall–Kier alpha value is -3.54. The van der Waals surface area contributed by atoms with E-state index in [-0.39, 0.29) is 0 Å². The molecule has 0 saturated heterocycles. The van der Waals surface area contributed by atoms with Crippen LogP contribution in [0, 0.1) is 13.8 Å². The molecule has 2 aromatic carbocycles. The van der Waals surface area contributed by atoms with E-state index in [0.29, 0.717) is 11.8 Å². The number of rotatable bonds is 4. The molecule has 0 bridgehead atoms. The number of benzene rings is 2. The van der Waals surface area contributed by atoms with Gasteiger partial charge < -0.3 is 10.6 Å². The average molecular weight is 342 g/mol. The fourth-order valence-electron chi connectivity index (χ4n) is 2.71. The lowest BCUT2D eigenvalue weighted by Crippen LogP contribution is -2.03. The molecule has 6 heteroatoms. The lowest BCUT2D eigenvalue weighted by atomic mass is 10.1. The molecule has 0 spiro atoms. The Balaban J connectivity index is 1.60. The van der Waals surface area contributed by atoms with Crippen molar-refractivity contribution in [3.63, 3.8) is 0 Å². The maximum Gasteiger partial charge on any atom is 0.249 e. The van der Waals surface area contributed by atoms with Gasteiger partial charge >= 0.3 is 0 Å². The van der Waals surface area contributed by atoms with Gasteiger partial charge in [0.15, 0.2) is 5.82 Å². The van der Waals surface area contributed by atoms with Crippen LogP contribution in [0.1, 0.15) is 11.1 Å². The van der Waals surface area contributed by atoms with Gasteiger partial charge in [-0.2, -0.15) is 10.1 Å². The largest absolute Gasteiger partial charge is 0.337 e. The predicted molar refractivity (Wildman–Crippen MR) is 104 cm³/mol. The van der Waals surface area contributed by atoms with Crippen molar-refractivity contribution in [3.8, 4) is 0 Å². The van der Waals surface area contributed by atoms with Gasteiger partial charge in [-0.25, -0.2) is 0 Å². The first-order valence-corrected chi connectivity index (χ1v) is 8.34. The summed E-state index contributed by atoms with van der Waals surface area (Å²) in [4.78, 5) is 8.94. The molecule has 128 valence electrons. The van der Waals surface area contributed by atoms with E-state index in [1.54, 1.807) is 12.4 Å². The van der Waals surface area contributed by atoms with E-state index in [2.05, 4.69) is 56.8 Å². The van der Waals surface area contributed by atoms with Crippen molar-refractivity contribution >= 4 is 34.0 Å². The van der Waals surface area contributed by atoms with Crippen LogP contribution in [0.5, 0.6) is 0 Å². The highest BCUT2D eigenvalue weighted by molar-refractivity contribution is 5.91. The maximum absolute atomic E-state index is 4.50. The van der Waals surface area contributed by atoms with Crippen molar-refractivity contribution in [1.29, 1.82) is 0 Å². The van der Waals surface area contributed by atoms with Crippen molar-refractivity contribution < 1.29 is 0 Å². The van der Waals surface area contributed by atoms with E-state index in [9.17, 15) is 0 Å². The summed E-state index contributed by atoms with van der Waals surface area (Å²) in [5.74, 6) is 1.04. The molecule has 2 N–H and O–H groups in total. The molecule has 0 amide bonds. The van der Waals surface area contributed by atoms with Gasteiger partial charge in [0.05, 0.1) is 17.4 Å². The van der Waals surface area contributed by atoms with Crippen LogP contribution in [-0.4, -0.2) is 20.2 Å². The van der Waals surface area contributed by atoms with Crippen LogP contribution in [-0.2, 0) is 0 Å². The van der Waals surface area contributed by atoms with Gasteiger partial charge in [-0.1, -0.05) is 24.3 Å². The fourth-order valence-corrected chi connectivity index (χ4v) is 2.71. The molecule has 0 saturated carbocycles. The van der Waals surface area contributed by atoms with Crippen LogP contribution >= 0.6 is 0 Å². The third kappa shape index (κ3) is 3.30. The normalized spacial score (nSPS) is 10.7. The van der Waals surface area contributed by atoms with Gasteiger partial charge in [-0.05, 0) is 49.2 Å². The Morgan fingerprint density at radius 3 is 2.65 bits per heavy atom. The minimum atomic E-state index is 0.437. The monoisotopic (exact) mass is 342 g/mol. The van der Waals surface area contributed by atoms with Crippen LogP contribution in [0.3, 0.4) is 0 Å². The van der Waals surface area contributed by atoms with Gasteiger partial charge in [0, 0.05) is 17.3 Å². The van der Waals surface area contributed by atoms with Gasteiger partial charge in [0.25, 0.3) is 0 Å².